The molecule has 0 radical (unpaired) electrons. The first-order valence-electron chi connectivity index (χ1n) is 13.7. The topological polar surface area (TPSA) is 188 Å². The van der Waals surface area contributed by atoms with E-state index < -0.39 is 55.0 Å². The number of alkyl halides is 3. The van der Waals surface area contributed by atoms with Crippen molar-refractivity contribution in [3.8, 4) is 11.3 Å². The van der Waals surface area contributed by atoms with Gasteiger partial charge in [-0.15, -0.1) is 10.8 Å². The van der Waals surface area contributed by atoms with Crippen LogP contribution in [0.4, 0.5) is 13.2 Å². The molecule has 4 N–H and O–H groups in total. The van der Waals surface area contributed by atoms with Gasteiger partial charge in [0, 0.05) is 5.56 Å². The van der Waals surface area contributed by atoms with Gasteiger partial charge in [-0.3, -0.25) is 18.6 Å². The van der Waals surface area contributed by atoms with Crippen LogP contribution in [0.3, 0.4) is 0 Å². The number of fused-ring (bicyclic) bond motifs is 1. The van der Waals surface area contributed by atoms with Gasteiger partial charge >= 0.3 is 12.1 Å². The second-order valence-corrected chi connectivity index (χ2v) is 14.2. The lowest BCUT2D eigenvalue weighted by Crippen LogP contribution is -2.42. The molecule has 18 heteroatoms. The van der Waals surface area contributed by atoms with Gasteiger partial charge in [0.1, 0.15) is 17.1 Å². The number of hydrogen-bond donors (Lipinski definition) is 4. The predicted molar refractivity (Wildman–Crippen MR) is 160 cm³/mol. The highest BCUT2D eigenvalue weighted by molar-refractivity contribution is 8.23. The molecule has 2 atom stereocenters. The minimum atomic E-state index is -5.56. The summed E-state index contributed by atoms with van der Waals surface area (Å²) in [4.78, 5) is 39.3. The van der Waals surface area contributed by atoms with Crippen molar-refractivity contribution in [3.63, 3.8) is 0 Å². The van der Waals surface area contributed by atoms with Crippen LogP contribution in [0.15, 0.2) is 94.7 Å². The van der Waals surface area contributed by atoms with Crippen LogP contribution < -0.4 is 4.72 Å². The fourth-order valence-corrected chi connectivity index (χ4v) is 7.88. The van der Waals surface area contributed by atoms with Gasteiger partial charge in [0.05, 0.1) is 28.5 Å². The van der Waals surface area contributed by atoms with Crippen LogP contribution in [0.5, 0.6) is 0 Å². The molecule has 3 aromatic carbocycles. The minimum absolute atomic E-state index is 0.0198. The maximum Gasteiger partial charge on any atom is 0.492 e. The molecule has 246 valence electrons. The summed E-state index contributed by atoms with van der Waals surface area (Å²) in [5.74, 6) is -3.16. The Hall–Kier alpha value is -4.75. The molecule has 1 fully saturated rings. The molecule has 0 saturated carbocycles. The molecule has 1 amide bonds. The summed E-state index contributed by atoms with van der Waals surface area (Å²) in [6, 6.07) is 15.7. The lowest BCUT2D eigenvalue weighted by Gasteiger charge is -2.33. The maximum absolute atomic E-state index is 14.1. The minimum Gasteiger partial charge on any atom is -0.444 e. The lowest BCUT2D eigenvalue weighted by molar-refractivity contribution is -0.227. The number of hydroxylamine groups is 1. The molecule has 47 heavy (non-hydrogen) atoms. The van der Waals surface area contributed by atoms with Crippen molar-refractivity contribution in [1.82, 2.24) is 24.1 Å². The number of amides is 1. The zero-order chi connectivity index (χ0) is 33.6. The zero-order valence-corrected chi connectivity index (χ0v) is 25.4. The van der Waals surface area contributed by atoms with Crippen LogP contribution >= 0.6 is 10.8 Å². The highest BCUT2D eigenvalue weighted by atomic mass is 32.3. The maximum atomic E-state index is 14.1. The average molecular weight is 692 g/mol. The second kappa shape index (κ2) is 12.1. The van der Waals surface area contributed by atoms with Crippen LogP contribution in [-0.2, 0) is 30.9 Å². The van der Waals surface area contributed by atoms with Crippen LogP contribution in [-0.4, -0.2) is 55.0 Å². The fourth-order valence-electron chi connectivity index (χ4n) is 5.03. The third kappa shape index (κ3) is 6.58. The number of carbonyl (C=O) groups is 2. The van der Waals surface area contributed by atoms with Gasteiger partial charge < -0.3 is 14.2 Å². The molecular weight excluding hydrogens is 667 g/mol. The molecule has 0 aliphatic carbocycles. The molecule has 1 saturated heterocycles. The molecule has 0 bridgehead atoms. The largest absolute Gasteiger partial charge is 0.492 e. The van der Waals surface area contributed by atoms with E-state index in [0.29, 0.717) is 33.5 Å². The van der Waals surface area contributed by atoms with Gasteiger partial charge in [-0.05, 0) is 58.4 Å². The average Bonchev–Trinajstić information content (AvgIpc) is 3.77. The number of aromatic amines is 1. The summed E-state index contributed by atoms with van der Waals surface area (Å²) in [6.45, 7) is 0. The molecule has 2 aromatic heterocycles. The van der Waals surface area contributed by atoms with Crippen molar-refractivity contribution in [1.29, 1.82) is 0 Å². The van der Waals surface area contributed by atoms with Crippen LogP contribution in [0.2, 0.25) is 0 Å². The molecule has 0 spiro atoms. The number of halogens is 3. The molecule has 6 rings (SSSR count). The Labute approximate surface area is 265 Å². The fraction of sp³-hybridized carbons (Fsp3) is 0.172. The summed E-state index contributed by atoms with van der Waals surface area (Å²) in [7, 11) is -8.48. The molecule has 1 aliphatic rings. The van der Waals surface area contributed by atoms with E-state index in [4.69, 9.17) is 4.42 Å². The van der Waals surface area contributed by atoms with Crippen LogP contribution in [0.1, 0.15) is 34.7 Å². The van der Waals surface area contributed by atoms with Crippen LogP contribution in [0, 0.1) is 0 Å². The summed E-state index contributed by atoms with van der Waals surface area (Å²) in [6.07, 6.45) is -3.55. The Bertz CT molecular complexity index is 2000. The monoisotopic (exact) mass is 691 g/mol. The standard InChI is InChI=1S/C29H24F3N5O8S2/c30-29(31,32)28(39)45-37(47(42,43)20-11-9-18(10-12-20)24-15-33-16-44-24)23(27-34-21-3-1-2-4-22(21)35-27)13-17-5-7-19(8-6-17)25-14-26(38)36-46(25,40)41/h1-12,15-16,23,25,40-41H,13-14H2,(H,34,35)(H,36,38)/t23-,25?/m0/s1. The van der Waals surface area contributed by atoms with Gasteiger partial charge in [0.15, 0.2) is 12.2 Å². The van der Waals surface area contributed by atoms with Crippen molar-refractivity contribution in [3.05, 3.63) is 102 Å². The van der Waals surface area contributed by atoms with Crippen molar-refractivity contribution in [2.75, 3.05) is 0 Å². The van der Waals surface area contributed by atoms with Crippen molar-refractivity contribution in [2.24, 2.45) is 0 Å². The normalized spacial score (nSPS) is 17.8. The number of nitrogens with one attached hydrogen (secondary N) is 2. The number of imidazole rings is 1. The molecule has 5 aromatic rings. The number of rotatable bonds is 9. The van der Waals surface area contributed by atoms with Gasteiger partial charge in [-0.1, -0.05) is 36.4 Å². The summed E-state index contributed by atoms with van der Waals surface area (Å²) >= 11 is 0. The van der Waals surface area contributed by atoms with Crippen molar-refractivity contribution >= 4 is 43.7 Å². The number of benzene rings is 3. The number of H-pyrrole nitrogens is 1. The van der Waals surface area contributed by atoms with E-state index in [2.05, 4.69) is 24.5 Å². The smallest absolute Gasteiger partial charge is 0.444 e. The predicted octanol–water partition coefficient (Wildman–Crippen LogP) is 5.44. The summed E-state index contributed by atoms with van der Waals surface area (Å²) in [5, 5.41) is -0.945. The summed E-state index contributed by atoms with van der Waals surface area (Å²) in [5.41, 5.74) is 1.94. The Kier molecular flexibility index (Phi) is 8.30. The van der Waals surface area contributed by atoms with E-state index in [0.717, 1.165) is 18.5 Å². The first-order chi connectivity index (χ1) is 22.2. The van der Waals surface area contributed by atoms with Crippen molar-refractivity contribution < 1.29 is 49.5 Å². The molecule has 1 unspecified atom stereocenters. The van der Waals surface area contributed by atoms with Crippen LogP contribution in [0.25, 0.3) is 22.4 Å². The first-order valence-corrected chi connectivity index (χ1v) is 16.7. The van der Waals surface area contributed by atoms with E-state index in [9.17, 15) is 40.3 Å². The third-order valence-electron chi connectivity index (χ3n) is 7.30. The first kappa shape index (κ1) is 32.2. The SMILES string of the molecule is O=C1CC(c2ccc(C[C@@H](c3nc4ccccc4[nH]3)N(OC(=O)C(F)(F)F)S(=O)(=O)c3ccc(-c4cnco4)cc3)cc2)S(O)(O)N1. The Morgan fingerprint density at radius 1 is 1.09 bits per heavy atom. The number of carbonyl (C=O) groups excluding carboxylic acids is 2. The van der Waals surface area contributed by atoms with Gasteiger partial charge in [-0.2, -0.15) is 13.2 Å². The molecular formula is C29H24F3N5O8S2. The lowest BCUT2D eigenvalue weighted by atomic mass is 10.0. The van der Waals surface area contributed by atoms with Gasteiger partial charge in [0.25, 0.3) is 10.0 Å². The third-order valence-corrected chi connectivity index (χ3v) is 10.7. The molecule has 1 aliphatic heterocycles. The quantitative estimate of drug-likeness (QED) is 0.145. The number of hydrogen-bond acceptors (Lipinski definition) is 10. The number of sulfonamides is 1. The number of oxazole rings is 1. The van der Waals surface area contributed by atoms with E-state index in [1.807, 2.05) is 0 Å². The van der Waals surface area contributed by atoms with E-state index in [-0.39, 0.29) is 23.1 Å². The Morgan fingerprint density at radius 2 is 1.79 bits per heavy atom. The molecule has 13 nitrogen and oxygen atoms in total. The second-order valence-electron chi connectivity index (χ2n) is 10.4. The highest BCUT2D eigenvalue weighted by Crippen LogP contribution is 2.56. The Balaban J connectivity index is 1.42. The number of aromatic nitrogens is 3. The Morgan fingerprint density at radius 3 is 2.38 bits per heavy atom. The van der Waals surface area contributed by atoms with E-state index in [1.165, 1.54) is 42.6 Å². The van der Waals surface area contributed by atoms with Gasteiger partial charge in [-0.25, -0.2) is 23.2 Å². The van der Waals surface area contributed by atoms with Crippen molar-refractivity contribution in [2.45, 2.75) is 35.2 Å². The van der Waals surface area contributed by atoms with Gasteiger partial charge in [0.2, 0.25) is 5.91 Å². The number of nitrogens with zero attached hydrogens (tertiary/aromatic N) is 3. The van der Waals surface area contributed by atoms with E-state index >= 15 is 0 Å². The summed E-state index contributed by atoms with van der Waals surface area (Å²) < 4.78 is 96.6. The molecule has 3 heterocycles. The number of para-hydroxylation sites is 2. The zero-order valence-electron chi connectivity index (χ0n) is 23.8. The highest BCUT2D eigenvalue weighted by Gasteiger charge is 2.47. The van der Waals surface area contributed by atoms with E-state index in [1.54, 1.807) is 24.3 Å².